The van der Waals surface area contributed by atoms with Gasteiger partial charge in [0.15, 0.2) is 33.1 Å². The van der Waals surface area contributed by atoms with Gasteiger partial charge in [-0.15, -0.1) is 11.3 Å². The molecule has 3 heterocycles. The van der Waals surface area contributed by atoms with Gasteiger partial charge < -0.3 is 20.8 Å². The van der Waals surface area contributed by atoms with Crippen molar-refractivity contribution in [3.8, 4) is 10.6 Å². The fourth-order valence-corrected chi connectivity index (χ4v) is 9.38. The Balaban J connectivity index is 1.25. The quantitative estimate of drug-likeness (QED) is 0.0706. The van der Waals surface area contributed by atoms with Crippen molar-refractivity contribution in [1.82, 2.24) is 19.9 Å². The summed E-state index contributed by atoms with van der Waals surface area (Å²) in [7, 11) is -3.98. The first-order chi connectivity index (χ1) is 24.6. The lowest BCUT2D eigenvalue weighted by atomic mass is 10.0. The lowest BCUT2D eigenvalue weighted by Crippen LogP contribution is -2.36. The largest absolute Gasteiger partial charge is 0.390 e. The molecule has 2 aromatic carbocycles. The number of nitrogens with one attached hydrogen (secondary N) is 2. The number of halogens is 5. The highest BCUT2D eigenvalue weighted by Gasteiger charge is 2.44. The van der Waals surface area contributed by atoms with E-state index < -0.39 is 86.0 Å². The number of nitrogens with zero attached hydrogens (tertiary/aromatic N) is 4. The highest BCUT2D eigenvalue weighted by molar-refractivity contribution is 7.91. The van der Waals surface area contributed by atoms with E-state index in [1.165, 1.54) is 18.3 Å². The minimum Gasteiger partial charge on any atom is -0.390 e. The van der Waals surface area contributed by atoms with Crippen LogP contribution in [0, 0.1) is 48.9 Å². The monoisotopic (exact) mass is 760 g/mol. The fourth-order valence-electron chi connectivity index (χ4n) is 6.67. The normalized spacial score (nSPS) is 21.1. The molecule has 2 fully saturated rings. The van der Waals surface area contributed by atoms with Crippen molar-refractivity contribution in [2.75, 3.05) is 16.4 Å². The molecule has 0 amide bonds. The van der Waals surface area contributed by atoms with E-state index in [0.717, 1.165) is 54.4 Å². The number of anilines is 2. The van der Waals surface area contributed by atoms with Crippen LogP contribution in [0.4, 0.5) is 33.7 Å². The molecule has 3 aromatic heterocycles. The van der Waals surface area contributed by atoms with E-state index in [2.05, 4.69) is 25.6 Å². The summed E-state index contributed by atoms with van der Waals surface area (Å²) in [6, 6.07) is 3.81. The summed E-state index contributed by atoms with van der Waals surface area (Å²) >= 11 is 1.34. The molecular formula is C35H33F5N6O4S2. The summed E-state index contributed by atoms with van der Waals surface area (Å²) in [5.74, 6) is -8.09. The van der Waals surface area contributed by atoms with E-state index in [4.69, 9.17) is 4.98 Å². The van der Waals surface area contributed by atoms with Crippen LogP contribution in [-0.2, 0) is 9.84 Å². The zero-order valence-corrected chi connectivity index (χ0v) is 29.6. The molecule has 10 nitrogen and oxygen atoms in total. The third-order valence-electron chi connectivity index (χ3n) is 9.63. The van der Waals surface area contributed by atoms with Crippen molar-refractivity contribution >= 4 is 43.2 Å². The fraction of sp³-hybridized carbons (Fsp3) is 0.371. The molecule has 5 atom stereocenters. The second-order valence-corrected chi connectivity index (χ2v) is 16.4. The number of fused-ring (bicyclic) bond motifs is 1. The number of rotatable bonds is 10. The van der Waals surface area contributed by atoms with Gasteiger partial charge in [0.2, 0.25) is 5.95 Å². The molecular weight excluding hydrogens is 728 g/mol. The van der Waals surface area contributed by atoms with Crippen LogP contribution in [0.1, 0.15) is 60.7 Å². The van der Waals surface area contributed by atoms with Crippen LogP contribution in [0.5, 0.6) is 0 Å². The summed E-state index contributed by atoms with van der Waals surface area (Å²) in [4.78, 5) is 18.3. The summed E-state index contributed by atoms with van der Waals surface area (Å²) < 4.78 is 99.4. The van der Waals surface area contributed by atoms with Gasteiger partial charge in [0.1, 0.15) is 28.3 Å². The SMILES string of the molecule is Cc1nc(N[C@H](C)c2c(F)c(F)c(C)c(F)c2F)nc(N[C@@H]2C[C@H](CS(=O)(=O)c3ccc(F)cc3)[C@@H](O)[C@H]2O)c1-c1nc2c(C3CC3)nccc2s1. The summed E-state index contributed by atoms with van der Waals surface area (Å²) in [5, 5.41) is 28.5. The first-order valence-corrected chi connectivity index (χ1v) is 19.0. The van der Waals surface area contributed by atoms with Crippen molar-refractivity contribution in [1.29, 1.82) is 0 Å². The van der Waals surface area contributed by atoms with E-state index in [0.29, 0.717) is 21.8 Å². The third kappa shape index (κ3) is 6.58. The summed E-state index contributed by atoms with van der Waals surface area (Å²) in [6.45, 7) is 3.83. The maximum Gasteiger partial charge on any atom is 0.225 e. The Morgan fingerprint density at radius 2 is 1.60 bits per heavy atom. The summed E-state index contributed by atoms with van der Waals surface area (Å²) in [6.07, 6.45) is 0.724. The number of aliphatic hydroxyl groups is 2. The average Bonchev–Trinajstić information content (AvgIpc) is 3.80. The molecule has 7 rings (SSSR count). The number of hydrogen-bond acceptors (Lipinski definition) is 11. The highest BCUT2D eigenvalue weighted by Crippen LogP contribution is 2.45. The molecule has 17 heteroatoms. The van der Waals surface area contributed by atoms with Gasteiger partial charge in [-0.05, 0) is 70.4 Å². The molecule has 0 saturated heterocycles. The van der Waals surface area contributed by atoms with Gasteiger partial charge in [0.05, 0.1) is 56.1 Å². The summed E-state index contributed by atoms with van der Waals surface area (Å²) in [5.41, 5.74) is 0.606. The zero-order valence-electron chi connectivity index (χ0n) is 28.0. The number of thiazole rings is 1. The van der Waals surface area contributed by atoms with Crippen molar-refractivity contribution < 1.29 is 40.6 Å². The van der Waals surface area contributed by atoms with Crippen molar-refractivity contribution in [3.05, 3.63) is 88.1 Å². The number of sulfone groups is 1. The molecule has 0 unspecified atom stereocenters. The minimum atomic E-state index is -3.98. The topological polar surface area (TPSA) is 150 Å². The maximum absolute atomic E-state index is 14.9. The molecule has 0 spiro atoms. The Morgan fingerprint density at radius 1 is 0.923 bits per heavy atom. The van der Waals surface area contributed by atoms with Crippen LogP contribution in [0.25, 0.3) is 20.8 Å². The molecule has 52 heavy (non-hydrogen) atoms. The Hall–Kier alpha value is -4.32. The Bertz CT molecular complexity index is 2280. The Morgan fingerprint density at radius 3 is 2.25 bits per heavy atom. The second-order valence-electron chi connectivity index (χ2n) is 13.3. The number of aryl methyl sites for hydroxylation is 1. The van der Waals surface area contributed by atoms with E-state index in [1.54, 1.807) is 13.1 Å². The molecule has 4 N–H and O–H groups in total. The van der Waals surface area contributed by atoms with Gasteiger partial charge in [-0.1, -0.05) is 0 Å². The molecule has 5 aromatic rings. The van der Waals surface area contributed by atoms with Gasteiger partial charge in [-0.3, -0.25) is 4.98 Å². The van der Waals surface area contributed by atoms with E-state index in [-0.39, 0.29) is 29.0 Å². The predicted molar refractivity (Wildman–Crippen MR) is 184 cm³/mol. The number of pyridine rings is 1. The standard InChI is InChI=1S/C35H33F5N6O4S2/c1-14-25(37)27(39)23(28(40)26(14)38)15(2)42-35-43-16(3)24(34-45-30-22(51-34)10-11-41-29(30)17-4-5-17)33(46-35)44-21-12-18(31(47)32(21)48)13-52(49,50)20-8-6-19(36)7-9-20/h6-11,15,17-18,21,31-32,47-48H,4-5,12-13H2,1-3H3,(H2,42,43,44,46)/t15-,18-,21-,31-,32+/m1/s1. The number of benzene rings is 2. The lowest BCUT2D eigenvalue weighted by Gasteiger charge is -2.22. The Kier molecular flexibility index (Phi) is 9.42. The molecule has 2 aliphatic rings. The molecule has 0 radical (unpaired) electrons. The van der Waals surface area contributed by atoms with Crippen LogP contribution < -0.4 is 10.6 Å². The lowest BCUT2D eigenvalue weighted by molar-refractivity contribution is 0.0216. The van der Waals surface area contributed by atoms with Gasteiger partial charge in [-0.2, -0.15) is 4.98 Å². The molecule has 2 saturated carbocycles. The number of aromatic nitrogens is 4. The molecule has 0 aliphatic heterocycles. The third-order valence-corrected chi connectivity index (χ3v) is 12.5. The first-order valence-electron chi connectivity index (χ1n) is 16.5. The van der Waals surface area contributed by atoms with Crippen LogP contribution in [0.15, 0.2) is 41.4 Å². The molecule has 274 valence electrons. The number of hydrogen-bond donors (Lipinski definition) is 4. The van der Waals surface area contributed by atoms with Gasteiger partial charge in [0, 0.05) is 23.6 Å². The van der Waals surface area contributed by atoms with Gasteiger partial charge >= 0.3 is 0 Å². The van der Waals surface area contributed by atoms with Crippen LogP contribution >= 0.6 is 11.3 Å². The van der Waals surface area contributed by atoms with E-state index >= 15 is 0 Å². The van der Waals surface area contributed by atoms with Crippen molar-refractivity contribution in [2.45, 2.75) is 75.1 Å². The van der Waals surface area contributed by atoms with Crippen LogP contribution in [0.2, 0.25) is 0 Å². The van der Waals surface area contributed by atoms with Gasteiger partial charge in [-0.25, -0.2) is 40.3 Å². The average molecular weight is 761 g/mol. The van der Waals surface area contributed by atoms with E-state index in [9.17, 15) is 40.6 Å². The van der Waals surface area contributed by atoms with E-state index in [1.807, 2.05) is 6.07 Å². The second kappa shape index (κ2) is 13.6. The predicted octanol–water partition coefficient (Wildman–Crippen LogP) is 6.51. The maximum atomic E-state index is 14.9. The van der Waals surface area contributed by atoms with Crippen molar-refractivity contribution in [2.24, 2.45) is 5.92 Å². The Labute approximate surface area is 299 Å². The number of aliphatic hydroxyl groups excluding tert-OH is 2. The minimum absolute atomic E-state index is 0.0294. The first kappa shape index (κ1) is 36.1. The molecule has 2 aliphatic carbocycles. The van der Waals surface area contributed by atoms with Crippen molar-refractivity contribution in [3.63, 3.8) is 0 Å². The van der Waals surface area contributed by atoms with Gasteiger partial charge in [0.25, 0.3) is 0 Å². The van der Waals surface area contributed by atoms with Crippen LogP contribution in [-0.4, -0.2) is 62.6 Å². The zero-order chi connectivity index (χ0) is 37.2. The highest BCUT2D eigenvalue weighted by atomic mass is 32.2. The molecule has 0 bridgehead atoms. The van der Waals surface area contributed by atoms with Crippen LogP contribution in [0.3, 0.4) is 0 Å². The smallest absolute Gasteiger partial charge is 0.225 e.